The van der Waals surface area contributed by atoms with E-state index in [4.69, 9.17) is 15.2 Å². The molecule has 2 aromatic rings. The van der Waals surface area contributed by atoms with Crippen molar-refractivity contribution < 1.29 is 9.47 Å². The Morgan fingerprint density at radius 2 is 2.11 bits per heavy atom. The van der Waals surface area contributed by atoms with Crippen LogP contribution in [-0.4, -0.2) is 17.1 Å². The smallest absolute Gasteiger partial charge is 0.237 e. The van der Waals surface area contributed by atoms with Crippen LogP contribution < -0.4 is 10.5 Å². The van der Waals surface area contributed by atoms with Crippen molar-refractivity contribution in [1.82, 2.24) is 9.97 Å². The van der Waals surface area contributed by atoms with E-state index in [1.807, 2.05) is 24.3 Å². The highest BCUT2D eigenvalue weighted by atomic mass is 16.5. The van der Waals surface area contributed by atoms with Crippen LogP contribution in [0, 0.1) is 0 Å². The van der Waals surface area contributed by atoms with E-state index < -0.39 is 0 Å². The van der Waals surface area contributed by atoms with Crippen molar-refractivity contribution in [3.05, 3.63) is 47.9 Å². The molecule has 0 unspecified atom stereocenters. The highest BCUT2D eigenvalue weighted by Gasteiger charge is 2.01. The highest BCUT2D eigenvalue weighted by molar-refractivity contribution is 5.30. The third-order valence-corrected chi connectivity index (χ3v) is 2.32. The van der Waals surface area contributed by atoms with Crippen LogP contribution in [0.1, 0.15) is 11.3 Å². The van der Waals surface area contributed by atoms with Gasteiger partial charge in [-0.1, -0.05) is 12.1 Å². The molecule has 0 saturated carbocycles. The van der Waals surface area contributed by atoms with Gasteiger partial charge in [-0.05, 0) is 17.7 Å². The number of rotatable bonds is 5. The van der Waals surface area contributed by atoms with Gasteiger partial charge in [0, 0.05) is 13.7 Å². The standard InChI is InChI=1S/C13H15N3O2/c1-17-9-10-3-2-4-12(5-10)18-13-8-15-11(6-14)7-16-13/h2-5,7-8H,6,9,14H2,1H3. The minimum absolute atomic E-state index is 0.372. The fraction of sp³-hybridized carbons (Fsp3) is 0.231. The first-order valence-electron chi connectivity index (χ1n) is 5.58. The van der Waals surface area contributed by atoms with Crippen molar-refractivity contribution in [2.45, 2.75) is 13.2 Å². The molecule has 0 spiro atoms. The van der Waals surface area contributed by atoms with Crippen molar-refractivity contribution in [1.29, 1.82) is 0 Å². The largest absolute Gasteiger partial charge is 0.437 e. The number of nitrogens with zero attached hydrogens (tertiary/aromatic N) is 2. The summed E-state index contributed by atoms with van der Waals surface area (Å²) in [5, 5.41) is 0. The van der Waals surface area contributed by atoms with Gasteiger partial charge in [-0.3, -0.25) is 4.98 Å². The number of benzene rings is 1. The minimum Gasteiger partial charge on any atom is -0.437 e. The summed E-state index contributed by atoms with van der Waals surface area (Å²) in [5.41, 5.74) is 7.22. The second-order valence-electron chi connectivity index (χ2n) is 3.73. The Bertz CT molecular complexity index is 500. The summed E-state index contributed by atoms with van der Waals surface area (Å²) in [5.74, 6) is 1.15. The van der Waals surface area contributed by atoms with Gasteiger partial charge in [0.15, 0.2) is 0 Å². The Hall–Kier alpha value is -1.98. The van der Waals surface area contributed by atoms with Crippen molar-refractivity contribution >= 4 is 0 Å². The summed E-state index contributed by atoms with van der Waals surface area (Å²) in [7, 11) is 1.66. The Kier molecular flexibility index (Phi) is 4.22. The van der Waals surface area contributed by atoms with E-state index in [-0.39, 0.29) is 0 Å². The molecule has 0 radical (unpaired) electrons. The van der Waals surface area contributed by atoms with Crippen LogP contribution in [0.4, 0.5) is 0 Å². The van der Waals surface area contributed by atoms with Gasteiger partial charge < -0.3 is 15.2 Å². The maximum atomic E-state index is 5.59. The lowest BCUT2D eigenvalue weighted by molar-refractivity contribution is 0.184. The first-order chi connectivity index (χ1) is 8.81. The molecule has 0 bridgehead atoms. The fourth-order valence-corrected chi connectivity index (χ4v) is 1.49. The summed E-state index contributed by atoms with van der Waals surface area (Å²) in [6.45, 7) is 0.922. The van der Waals surface area contributed by atoms with Gasteiger partial charge >= 0.3 is 0 Å². The van der Waals surface area contributed by atoms with Gasteiger partial charge in [0.1, 0.15) is 5.75 Å². The normalized spacial score (nSPS) is 10.3. The lowest BCUT2D eigenvalue weighted by atomic mass is 10.2. The molecule has 2 rings (SSSR count). The molecule has 1 aromatic heterocycles. The average Bonchev–Trinajstić information content (AvgIpc) is 2.40. The van der Waals surface area contributed by atoms with Crippen molar-refractivity contribution in [2.24, 2.45) is 5.73 Å². The van der Waals surface area contributed by atoms with Crippen LogP contribution in [0.15, 0.2) is 36.7 Å². The van der Waals surface area contributed by atoms with Crippen LogP contribution in [0.2, 0.25) is 0 Å². The maximum absolute atomic E-state index is 5.59. The van der Waals surface area contributed by atoms with Gasteiger partial charge in [0.2, 0.25) is 5.88 Å². The van der Waals surface area contributed by atoms with Gasteiger partial charge in [-0.2, -0.15) is 0 Å². The zero-order chi connectivity index (χ0) is 12.8. The summed E-state index contributed by atoms with van der Waals surface area (Å²) < 4.78 is 10.7. The Balaban J connectivity index is 2.09. The van der Waals surface area contributed by atoms with Crippen molar-refractivity contribution in [3.8, 4) is 11.6 Å². The molecule has 0 amide bonds. The van der Waals surface area contributed by atoms with E-state index in [9.17, 15) is 0 Å². The Labute approximate surface area is 106 Å². The zero-order valence-corrected chi connectivity index (χ0v) is 10.2. The van der Waals surface area contributed by atoms with Crippen LogP contribution in [0.5, 0.6) is 11.6 Å². The van der Waals surface area contributed by atoms with Crippen LogP contribution in [0.25, 0.3) is 0 Å². The quantitative estimate of drug-likeness (QED) is 0.870. The predicted molar refractivity (Wildman–Crippen MR) is 67.2 cm³/mol. The third kappa shape index (κ3) is 3.26. The van der Waals surface area contributed by atoms with Gasteiger partial charge in [-0.25, -0.2) is 4.98 Å². The molecule has 0 aliphatic carbocycles. The minimum atomic E-state index is 0.372. The first-order valence-corrected chi connectivity index (χ1v) is 5.58. The van der Waals surface area contributed by atoms with Crippen LogP contribution in [-0.2, 0) is 17.9 Å². The molecule has 2 N–H and O–H groups in total. The van der Waals surface area contributed by atoms with Crippen molar-refractivity contribution in [3.63, 3.8) is 0 Å². The first kappa shape index (κ1) is 12.5. The van der Waals surface area contributed by atoms with Gasteiger partial charge in [0.05, 0.1) is 24.7 Å². The summed E-state index contributed by atoms with van der Waals surface area (Å²) in [4.78, 5) is 8.24. The fourth-order valence-electron chi connectivity index (χ4n) is 1.49. The number of nitrogens with two attached hydrogens (primary N) is 1. The van der Waals surface area contributed by atoms with E-state index in [0.29, 0.717) is 24.8 Å². The Morgan fingerprint density at radius 1 is 1.22 bits per heavy atom. The molecule has 0 atom stereocenters. The number of hydrogen-bond acceptors (Lipinski definition) is 5. The molecule has 1 aromatic carbocycles. The number of ether oxygens (including phenoxy) is 2. The van der Waals surface area contributed by atoms with Crippen LogP contribution >= 0.6 is 0 Å². The second-order valence-corrected chi connectivity index (χ2v) is 3.73. The van der Waals surface area contributed by atoms with E-state index in [1.54, 1.807) is 19.5 Å². The molecule has 0 aliphatic heterocycles. The number of methoxy groups -OCH3 is 1. The lowest BCUT2D eigenvalue weighted by Crippen LogP contribution is -2.00. The van der Waals surface area contributed by atoms with E-state index in [0.717, 1.165) is 11.3 Å². The molecule has 18 heavy (non-hydrogen) atoms. The lowest BCUT2D eigenvalue weighted by Gasteiger charge is -2.06. The third-order valence-electron chi connectivity index (χ3n) is 2.32. The average molecular weight is 245 g/mol. The predicted octanol–water partition coefficient (Wildman–Crippen LogP) is 1.87. The molecular weight excluding hydrogens is 230 g/mol. The van der Waals surface area contributed by atoms with Gasteiger partial charge in [0.25, 0.3) is 0 Å². The summed E-state index contributed by atoms with van der Waals surface area (Å²) in [6, 6.07) is 7.64. The molecule has 0 fully saturated rings. The number of hydrogen-bond donors (Lipinski definition) is 1. The van der Waals surface area contributed by atoms with E-state index in [2.05, 4.69) is 9.97 Å². The maximum Gasteiger partial charge on any atom is 0.237 e. The second kappa shape index (κ2) is 6.09. The molecule has 0 aliphatic rings. The molecular formula is C13H15N3O2. The summed E-state index contributed by atoms with van der Waals surface area (Å²) >= 11 is 0. The topological polar surface area (TPSA) is 70.3 Å². The zero-order valence-electron chi connectivity index (χ0n) is 10.2. The van der Waals surface area contributed by atoms with E-state index >= 15 is 0 Å². The molecule has 5 nitrogen and oxygen atoms in total. The summed E-state index contributed by atoms with van der Waals surface area (Å²) in [6.07, 6.45) is 3.17. The van der Waals surface area contributed by atoms with E-state index in [1.165, 1.54) is 0 Å². The highest BCUT2D eigenvalue weighted by Crippen LogP contribution is 2.20. The molecule has 94 valence electrons. The molecule has 0 saturated heterocycles. The number of aromatic nitrogens is 2. The van der Waals surface area contributed by atoms with Crippen LogP contribution in [0.3, 0.4) is 0 Å². The SMILES string of the molecule is COCc1cccc(Oc2cnc(CN)cn2)c1. The Morgan fingerprint density at radius 3 is 2.78 bits per heavy atom. The molecule has 5 heteroatoms. The molecule has 1 heterocycles. The monoisotopic (exact) mass is 245 g/mol. The van der Waals surface area contributed by atoms with Gasteiger partial charge in [-0.15, -0.1) is 0 Å². The van der Waals surface area contributed by atoms with Crippen molar-refractivity contribution in [2.75, 3.05) is 7.11 Å².